The van der Waals surface area contributed by atoms with Crippen LogP contribution in [0, 0.1) is 6.92 Å². The monoisotopic (exact) mass is 276 g/mol. The molecule has 1 aromatic rings. The summed E-state index contributed by atoms with van der Waals surface area (Å²) in [4.78, 5) is 24.9. The molecule has 1 saturated heterocycles. The van der Waals surface area contributed by atoms with E-state index in [4.69, 9.17) is 4.74 Å². The maximum Gasteiger partial charge on any atom is 0.325 e. The molecule has 1 aromatic carbocycles. The zero-order valence-corrected chi connectivity index (χ0v) is 12.1. The van der Waals surface area contributed by atoms with Crippen LogP contribution >= 0.6 is 0 Å². The molecule has 0 bridgehead atoms. The Morgan fingerprint density at radius 3 is 2.55 bits per heavy atom. The number of benzene rings is 1. The van der Waals surface area contributed by atoms with E-state index in [0.29, 0.717) is 19.6 Å². The molecular weight excluding hydrogens is 256 g/mol. The molecule has 1 fully saturated rings. The second-order valence-corrected chi connectivity index (χ2v) is 5.48. The molecule has 0 saturated carbocycles. The highest BCUT2D eigenvalue weighted by Gasteiger charge is 2.43. The Bertz CT molecular complexity index is 526. The first kappa shape index (κ1) is 14.4. The molecule has 0 unspecified atom stereocenters. The van der Waals surface area contributed by atoms with E-state index in [9.17, 15) is 9.59 Å². The summed E-state index contributed by atoms with van der Waals surface area (Å²) >= 11 is 0. The number of hydrogen-bond acceptors (Lipinski definition) is 3. The van der Waals surface area contributed by atoms with E-state index >= 15 is 0 Å². The van der Waals surface area contributed by atoms with Gasteiger partial charge in [-0.1, -0.05) is 18.2 Å². The van der Waals surface area contributed by atoms with Gasteiger partial charge in [0, 0.05) is 6.54 Å². The van der Waals surface area contributed by atoms with E-state index in [2.05, 4.69) is 5.32 Å². The molecular formula is C15H20N2O3. The molecule has 2 rings (SSSR count). The Morgan fingerprint density at radius 2 is 1.95 bits per heavy atom. The van der Waals surface area contributed by atoms with Crippen molar-refractivity contribution in [1.29, 1.82) is 0 Å². The summed E-state index contributed by atoms with van der Waals surface area (Å²) in [7, 11) is 0. The van der Waals surface area contributed by atoms with Gasteiger partial charge in [-0.25, -0.2) is 4.79 Å². The van der Waals surface area contributed by atoms with E-state index in [1.807, 2.05) is 31.2 Å². The van der Waals surface area contributed by atoms with E-state index in [1.54, 1.807) is 13.8 Å². The first-order chi connectivity index (χ1) is 9.42. The Morgan fingerprint density at radius 1 is 1.25 bits per heavy atom. The SMILES string of the molecule is Cc1ccccc1OCCCN1C(=O)NC(C)(C)C1=O. The second-order valence-electron chi connectivity index (χ2n) is 5.48. The summed E-state index contributed by atoms with van der Waals surface area (Å²) in [6.07, 6.45) is 0.615. The highest BCUT2D eigenvalue weighted by atomic mass is 16.5. The van der Waals surface area contributed by atoms with Crippen LogP contribution in [0.1, 0.15) is 25.8 Å². The summed E-state index contributed by atoms with van der Waals surface area (Å²) in [5.74, 6) is 0.656. The summed E-state index contributed by atoms with van der Waals surface area (Å²) in [6, 6.07) is 7.44. The van der Waals surface area contributed by atoms with Crippen molar-refractivity contribution in [3.63, 3.8) is 0 Å². The lowest BCUT2D eigenvalue weighted by Crippen LogP contribution is -2.40. The summed E-state index contributed by atoms with van der Waals surface area (Å²) in [6.45, 7) is 6.24. The quantitative estimate of drug-likeness (QED) is 0.662. The van der Waals surface area contributed by atoms with Gasteiger partial charge in [-0.15, -0.1) is 0 Å². The molecule has 1 aliphatic heterocycles. The van der Waals surface area contributed by atoms with Crippen molar-refractivity contribution in [2.75, 3.05) is 13.2 Å². The van der Waals surface area contributed by atoms with Crippen LogP contribution in [0.5, 0.6) is 5.75 Å². The van der Waals surface area contributed by atoms with Crippen LogP contribution in [0.3, 0.4) is 0 Å². The first-order valence-electron chi connectivity index (χ1n) is 6.74. The number of carbonyl (C=O) groups is 2. The summed E-state index contributed by atoms with van der Waals surface area (Å²) in [5, 5.41) is 2.66. The van der Waals surface area contributed by atoms with Gasteiger partial charge >= 0.3 is 6.03 Å². The van der Waals surface area contributed by atoms with Crippen molar-refractivity contribution in [2.45, 2.75) is 32.7 Å². The van der Waals surface area contributed by atoms with Crippen molar-refractivity contribution in [3.05, 3.63) is 29.8 Å². The van der Waals surface area contributed by atoms with Crippen LogP contribution in [-0.4, -0.2) is 35.5 Å². The molecule has 0 spiro atoms. The first-order valence-corrected chi connectivity index (χ1v) is 6.74. The fourth-order valence-corrected chi connectivity index (χ4v) is 2.14. The Balaban J connectivity index is 1.81. The number of carbonyl (C=O) groups excluding carboxylic acids is 2. The molecule has 1 aliphatic rings. The van der Waals surface area contributed by atoms with Crippen LogP contribution in [0.2, 0.25) is 0 Å². The molecule has 1 heterocycles. The van der Waals surface area contributed by atoms with Crippen molar-refractivity contribution in [1.82, 2.24) is 10.2 Å². The van der Waals surface area contributed by atoms with Crippen molar-refractivity contribution in [2.24, 2.45) is 0 Å². The molecule has 0 radical (unpaired) electrons. The van der Waals surface area contributed by atoms with Gasteiger partial charge in [0.15, 0.2) is 0 Å². The zero-order chi connectivity index (χ0) is 14.8. The highest BCUT2D eigenvalue weighted by Crippen LogP contribution is 2.18. The minimum absolute atomic E-state index is 0.182. The topological polar surface area (TPSA) is 58.6 Å². The normalized spacial score (nSPS) is 17.2. The van der Waals surface area contributed by atoms with Crippen LogP contribution in [0.15, 0.2) is 24.3 Å². The average molecular weight is 276 g/mol. The van der Waals surface area contributed by atoms with Gasteiger partial charge in [-0.05, 0) is 38.8 Å². The minimum atomic E-state index is -0.798. The molecule has 0 atom stereocenters. The average Bonchev–Trinajstić information content (AvgIpc) is 2.57. The van der Waals surface area contributed by atoms with E-state index in [1.165, 1.54) is 4.90 Å². The predicted molar refractivity (Wildman–Crippen MR) is 75.6 cm³/mol. The number of urea groups is 1. The van der Waals surface area contributed by atoms with Crippen LogP contribution in [0.25, 0.3) is 0 Å². The minimum Gasteiger partial charge on any atom is -0.493 e. The van der Waals surface area contributed by atoms with Gasteiger partial charge in [-0.2, -0.15) is 0 Å². The largest absolute Gasteiger partial charge is 0.493 e. The molecule has 20 heavy (non-hydrogen) atoms. The van der Waals surface area contributed by atoms with Crippen LogP contribution < -0.4 is 10.1 Å². The molecule has 5 nitrogen and oxygen atoms in total. The van der Waals surface area contributed by atoms with Crippen LogP contribution in [0.4, 0.5) is 4.79 Å². The van der Waals surface area contributed by atoms with E-state index < -0.39 is 5.54 Å². The number of hydrogen-bond donors (Lipinski definition) is 1. The number of ether oxygens (including phenoxy) is 1. The van der Waals surface area contributed by atoms with Gasteiger partial charge in [0.25, 0.3) is 5.91 Å². The molecule has 1 N–H and O–H groups in total. The van der Waals surface area contributed by atoms with Crippen molar-refractivity contribution in [3.8, 4) is 5.75 Å². The molecule has 3 amide bonds. The van der Waals surface area contributed by atoms with Gasteiger partial charge < -0.3 is 10.1 Å². The molecule has 0 aliphatic carbocycles. The van der Waals surface area contributed by atoms with Crippen molar-refractivity contribution < 1.29 is 14.3 Å². The lowest BCUT2D eigenvalue weighted by atomic mass is 10.1. The lowest BCUT2D eigenvalue weighted by molar-refractivity contribution is -0.130. The van der Waals surface area contributed by atoms with Gasteiger partial charge in [0.05, 0.1) is 6.61 Å². The number of imide groups is 1. The van der Waals surface area contributed by atoms with E-state index in [0.717, 1.165) is 11.3 Å². The number of aryl methyl sites for hydroxylation is 1. The molecule has 0 aromatic heterocycles. The summed E-state index contributed by atoms with van der Waals surface area (Å²) in [5.41, 5.74) is 0.275. The zero-order valence-electron chi connectivity index (χ0n) is 12.1. The third-order valence-corrected chi connectivity index (χ3v) is 3.32. The number of amides is 3. The number of para-hydroxylation sites is 1. The highest BCUT2D eigenvalue weighted by molar-refractivity contribution is 6.06. The Labute approximate surface area is 118 Å². The smallest absolute Gasteiger partial charge is 0.325 e. The predicted octanol–water partition coefficient (Wildman–Crippen LogP) is 2.09. The van der Waals surface area contributed by atoms with Gasteiger partial charge in [-0.3, -0.25) is 9.69 Å². The third kappa shape index (κ3) is 2.92. The van der Waals surface area contributed by atoms with Crippen molar-refractivity contribution >= 4 is 11.9 Å². The molecule has 5 heteroatoms. The number of nitrogens with one attached hydrogen (secondary N) is 1. The van der Waals surface area contributed by atoms with Gasteiger partial charge in [0.2, 0.25) is 0 Å². The van der Waals surface area contributed by atoms with Crippen LogP contribution in [-0.2, 0) is 4.79 Å². The fraction of sp³-hybridized carbons (Fsp3) is 0.467. The second kappa shape index (κ2) is 5.53. The number of nitrogens with zero attached hydrogens (tertiary/aromatic N) is 1. The summed E-state index contributed by atoms with van der Waals surface area (Å²) < 4.78 is 5.65. The maximum absolute atomic E-state index is 12.0. The standard InChI is InChI=1S/C15H20N2O3/c1-11-7-4-5-8-12(11)20-10-6-9-17-13(18)15(2,3)16-14(17)19/h4-5,7-8H,6,9-10H2,1-3H3,(H,16,19). The number of rotatable bonds is 5. The third-order valence-electron chi connectivity index (χ3n) is 3.32. The Hall–Kier alpha value is -2.04. The fourth-order valence-electron chi connectivity index (χ4n) is 2.14. The van der Waals surface area contributed by atoms with Gasteiger partial charge in [0.1, 0.15) is 11.3 Å². The maximum atomic E-state index is 12.0. The van der Waals surface area contributed by atoms with E-state index in [-0.39, 0.29) is 11.9 Å². The Kier molecular flexibility index (Phi) is 3.97. The lowest BCUT2D eigenvalue weighted by Gasteiger charge is -2.16. The molecule has 108 valence electrons.